The van der Waals surface area contributed by atoms with Gasteiger partial charge in [-0.1, -0.05) is 12.1 Å². The Labute approximate surface area is 163 Å². The maximum atomic E-state index is 12.4. The molecule has 1 amide bonds. The van der Waals surface area contributed by atoms with E-state index in [1.165, 1.54) is 0 Å². The molecule has 0 unspecified atom stereocenters. The molecule has 1 aromatic carbocycles. The highest BCUT2D eigenvalue weighted by Gasteiger charge is 2.15. The van der Waals surface area contributed by atoms with Gasteiger partial charge in [0.15, 0.2) is 0 Å². The number of aromatic nitrogens is 1. The van der Waals surface area contributed by atoms with Gasteiger partial charge in [-0.15, -0.1) is 0 Å². The van der Waals surface area contributed by atoms with Crippen LogP contribution in [0.25, 0.3) is 0 Å². The van der Waals surface area contributed by atoms with Crippen LogP contribution in [0.5, 0.6) is 0 Å². The predicted molar refractivity (Wildman–Crippen MR) is 107 cm³/mol. The maximum Gasteiger partial charge on any atom is 0.270 e. The summed E-state index contributed by atoms with van der Waals surface area (Å²) in [7, 11) is 0. The lowest BCUT2D eigenvalue weighted by Crippen LogP contribution is -2.36. The number of amides is 1. The van der Waals surface area contributed by atoms with Gasteiger partial charge in [-0.05, 0) is 36.4 Å². The summed E-state index contributed by atoms with van der Waals surface area (Å²) >= 11 is 0. The van der Waals surface area contributed by atoms with Crippen LogP contribution in [0.2, 0.25) is 0 Å². The zero-order valence-electron chi connectivity index (χ0n) is 15.4. The van der Waals surface area contributed by atoms with Crippen LogP contribution >= 0.6 is 0 Å². The van der Waals surface area contributed by atoms with Gasteiger partial charge in [0, 0.05) is 25.0 Å². The number of rotatable bonds is 6. The zero-order valence-corrected chi connectivity index (χ0v) is 15.4. The SMILES string of the molecule is O=C(NCc1ccco1)c1cc(Nc2ccccc2N2CCOCC2)ccn1. The van der Waals surface area contributed by atoms with Crippen molar-refractivity contribution in [3.05, 3.63) is 72.4 Å². The van der Waals surface area contributed by atoms with Crippen molar-refractivity contribution in [2.24, 2.45) is 0 Å². The molecule has 0 saturated carbocycles. The van der Waals surface area contributed by atoms with Crippen LogP contribution in [-0.4, -0.2) is 37.2 Å². The summed E-state index contributed by atoms with van der Waals surface area (Å²) in [4.78, 5) is 18.9. The van der Waals surface area contributed by atoms with Gasteiger partial charge in [-0.2, -0.15) is 0 Å². The van der Waals surface area contributed by atoms with Crippen LogP contribution in [-0.2, 0) is 11.3 Å². The zero-order chi connectivity index (χ0) is 19.2. The molecule has 7 heteroatoms. The summed E-state index contributed by atoms with van der Waals surface area (Å²) in [6, 6.07) is 15.3. The average molecular weight is 378 g/mol. The fourth-order valence-corrected chi connectivity index (χ4v) is 3.12. The fraction of sp³-hybridized carbons (Fsp3) is 0.238. The average Bonchev–Trinajstić information content (AvgIpc) is 3.27. The van der Waals surface area contributed by atoms with E-state index in [-0.39, 0.29) is 5.91 Å². The predicted octanol–water partition coefficient (Wildman–Crippen LogP) is 3.18. The number of furan rings is 1. The molecule has 2 aromatic heterocycles. The third kappa shape index (κ3) is 4.32. The first-order valence-corrected chi connectivity index (χ1v) is 9.25. The molecule has 1 saturated heterocycles. The van der Waals surface area contributed by atoms with Crippen LogP contribution in [0.1, 0.15) is 16.2 Å². The van der Waals surface area contributed by atoms with Gasteiger partial charge < -0.3 is 24.7 Å². The van der Waals surface area contributed by atoms with E-state index in [0.29, 0.717) is 18.0 Å². The van der Waals surface area contributed by atoms with E-state index in [1.807, 2.05) is 30.3 Å². The number of carbonyl (C=O) groups excluding carboxylic acids is 1. The summed E-state index contributed by atoms with van der Waals surface area (Å²) < 4.78 is 10.7. The molecule has 28 heavy (non-hydrogen) atoms. The van der Waals surface area contributed by atoms with Crippen molar-refractivity contribution in [2.45, 2.75) is 6.54 Å². The van der Waals surface area contributed by atoms with E-state index in [1.54, 1.807) is 24.6 Å². The van der Waals surface area contributed by atoms with E-state index < -0.39 is 0 Å². The summed E-state index contributed by atoms with van der Waals surface area (Å²) in [5, 5.41) is 6.22. The lowest BCUT2D eigenvalue weighted by Gasteiger charge is -2.30. The van der Waals surface area contributed by atoms with E-state index >= 15 is 0 Å². The largest absolute Gasteiger partial charge is 0.467 e. The quantitative estimate of drug-likeness (QED) is 0.686. The monoisotopic (exact) mass is 378 g/mol. The number of para-hydroxylation sites is 2. The number of benzene rings is 1. The maximum absolute atomic E-state index is 12.4. The molecule has 1 fully saturated rings. The van der Waals surface area contributed by atoms with E-state index in [2.05, 4.69) is 26.6 Å². The van der Waals surface area contributed by atoms with Gasteiger partial charge in [0.1, 0.15) is 11.5 Å². The van der Waals surface area contributed by atoms with Gasteiger partial charge >= 0.3 is 0 Å². The molecule has 0 aliphatic carbocycles. The first-order chi connectivity index (χ1) is 13.8. The molecule has 2 N–H and O–H groups in total. The van der Waals surface area contributed by atoms with Crippen molar-refractivity contribution < 1.29 is 13.9 Å². The Kier molecular flexibility index (Phi) is 5.53. The first-order valence-electron chi connectivity index (χ1n) is 9.25. The van der Waals surface area contributed by atoms with Crippen molar-refractivity contribution in [1.29, 1.82) is 0 Å². The van der Waals surface area contributed by atoms with Gasteiger partial charge in [0.05, 0.1) is 37.4 Å². The van der Waals surface area contributed by atoms with Crippen LogP contribution in [0.15, 0.2) is 65.4 Å². The molecule has 0 bridgehead atoms. The molecule has 0 atom stereocenters. The molecule has 144 valence electrons. The Morgan fingerprint density at radius 3 is 2.79 bits per heavy atom. The summed E-state index contributed by atoms with van der Waals surface area (Å²) in [5.74, 6) is 0.448. The van der Waals surface area contributed by atoms with Gasteiger partial charge in [0.25, 0.3) is 5.91 Å². The number of pyridine rings is 1. The molecular weight excluding hydrogens is 356 g/mol. The molecule has 3 aromatic rings. The Morgan fingerprint density at radius 2 is 1.96 bits per heavy atom. The van der Waals surface area contributed by atoms with Gasteiger partial charge in [-0.25, -0.2) is 0 Å². The third-order valence-electron chi connectivity index (χ3n) is 4.53. The van der Waals surface area contributed by atoms with Crippen molar-refractivity contribution in [3.63, 3.8) is 0 Å². The van der Waals surface area contributed by atoms with Crippen LogP contribution in [0.4, 0.5) is 17.1 Å². The standard InChI is InChI=1S/C21H22N4O3/c26-21(23-15-17-4-3-11-28-17)19-14-16(7-8-22-19)24-18-5-1-2-6-20(18)25-9-12-27-13-10-25/h1-8,11,14H,9-10,12-13,15H2,(H,22,24)(H,23,26). The molecule has 0 spiro atoms. The minimum absolute atomic E-state index is 0.249. The second-order valence-corrected chi connectivity index (χ2v) is 6.43. The molecule has 1 aliphatic rings. The van der Waals surface area contributed by atoms with Crippen LogP contribution in [0.3, 0.4) is 0 Å². The molecule has 0 radical (unpaired) electrons. The van der Waals surface area contributed by atoms with Gasteiger partial charge in [-0.3, -0.25) is 9.78 Å². The molecular formula is C21H22N4O3. The van der Waals surface area contributed by atoms with E-state index in [0.717, 1.165) is 43.4 Å². The van der Waals surface area contributed by atoms with Crippen LogP contribution in [0, 0.1) is 0 Å². The lowest BCUT2D eigenvalue weighted by atomic mass is 10.2. The minimum Gasteiger partial charge on any atom is -0.467 e. The highest BCUT2D eigenvalue weighted by atomic mass is 16.5. The molecule has 4 rings (SSSR count). The number of nitrogens with one attached hydrogen (secondary N) is 2. The minimum atomic E-state index is -0.249. The Morgan fingerprint density at radius 1 is 1.11 bits per heavy atom. The highest BCUT2D eigenvalue weighted by Crippen LogP contribution is 2.29. The highest BCUT2D eigenvalue weighted by molar-refractivity contribution is 5.93. The fourth-order valence-electron chi connectivity index (χ4n) is 3.12. The van der Waals surface area contributed by atoms with Crippen molar-refractivity contribution in [3.8, 4) is 0 Å². The Balaban J connectivity index is 1.47. The number of hydrogen-bond acceptors (Lipinski definition) is 6. The number of hydrogen-bond donors (Lipinski definition) is 2. The second-order valence-electron chi connectivity index (χ2n) is 6.43. The number of carbonyl (C=O) groups is 1. The Hall–Kier alpha value is -3.32. The molecule has 3 heterocycles. The number of anilines is 3. The number of ether oxygens (including phenoxy) is 1. The van der Waals surface area contributed by atoms with Crippen molar-refractivity contribution in [2.75, 3.05) is 36.5 Å². The Bertz CT molecular complexity index is 921. The number of nitrogens with zero attached hydrogens (tertiary/aromatic N) is 2. The summed E-state index contributed by atoms with van der Waals surface area (Å²) in [5.41, 5.74) is 3.25. The second kappa shape index (κ2) is 8.58. The number of morpholine rings is 1. The summed E-state index contributed by atoms with van der Waals surface area (Å²) in [6.45, 7) is 3.49. The molecule has 7 nitrogen and oxygen atoms in total. The van der Waals surface area contributed by atoms with Crippen molar-refractivity contribution in [1.82, 2.24) is 10.3 Å². The third-order valence-corrected chi connectivity index (χ3v) is 4.53. The van der Waals surface area contributed by atoms with Crippen molar-refractivity contribution >= 4 is 23.0 Å². The van der Waals surface area contributed by atoms with E-state index in [9.17, 15) is 4.79 Å². The summed E-state index contributed by atoms with van der Waals surface area (Å²) in [6.07, 6.45) is 3.21. The molecule has 1 aliphatic heterocycles. The van der Waals surface area contributed by atoms with Crippen LogP contribution < -0.4 is 15.5 Å². The topological polar surface area (TPSA) is 79.6 Å². The first kappa shape index (κ1) is 18.1. The normalized spacial score (nSPS) is 13.9. The smallest absolute Gasteiger partial charge is 0.270 e. The van der Waals surface area contributed by atoms with E-state index in [4.69, 9.17) is 9.15 Å². The van der Waals surface area contributed by atoms with Gasteiger partial charge in [0.2, 0.25) is 0 Å². The lowest BCUT2D eigenvalue weighted by molar-refractivity contribution is 0.0943.